The summed E-state index contributed by atoms with van der Waals surface area (Å²) in [5.74, 6) is -1.75. The van der Waals surface area contributed by atoms with E-state index in [4.69, 9.17) is 0 Å². The Morgan fingerprint density at radius 2 is 1.89 bits per heavy atom. The molecule has 0 aromatic heterocycles. The molecule has 1 unspecified atom stereocenters. The van der Waals surface area contributed by atoms with E-state index in [1.54, 1.807) is 0 Å². The molecule has 1 rings (SSSR count). The normalized spacial score (nSPS) is 13.6. The standard InChI is InChI=1S/C11H15F2NO3S/c1-18(16,17)6-5-14-7-10(15)11-8(12)3-2-4-9(11)13/h2-4,10,14-15H,5-7H2,1H3. The van der Waals surface area contributed by atoms with Crippen LogP contribution in [0, 0.1) is 11.6 Å². The average molecular weight is 279 g/mol. The third-order valence-electron chi connectivity index (χ3n) is 2.32. The van der Waals surface area contributed by atoms with E-state index in [0.29, 0.717) is 0 Å². The van der Waals surface area contributed by atoms with Crippen molar-refractivity contribution in [1.82, 2.24) is 5.32 Å². The Kier molecular flexibility index (Phi) is 5.18. The van der Waals surface area contributed by atoms with Gasteiger partial charge in [-0.1, -0.05) is 6.07 Å². The second-order valence-electron chi connectivity index (χ2n) is 3.99. The molecule has 1 aromatic rings. The summed E-state index contributed by atoms with van der Waals surface area (Å²) < 4.78 is 48.2. The highest BCUT2D eigenvalue weighted by Crippen LogP contribution is 2.19. The lowest BCUT2D eigenvalue weighted by molar-refractivity contribution is 0.166. The summed E-state index contributed by atoms with van der Waals surface area (Å²) in [5, 5.41) is 12.3. The monoisotopic (exact) mass is 279 g/mol. The van der Waals surface area contributed by atoms with Gasteiger partial charge in [-0.05, 0) is 12.1 Å². The summed E-state index contributed by atoms with van der Waals surface area (Å²) in [6, 6.07) is 3.31. The molecule has 18 heavy (non-hydrogen) atoms. The SMILES string of the molecule is CS(=O)(=O)CCNCC(O)c1c(F)cccc1F. The topological polar surface area (TPSA) is 66.4 Å². The molecule has 2 N–H and O–H groups in total. The third-order valence-corrected chi connectivity index (χ3v) is 3.27. The molecule has 0 amide bonds. The van der Waals surface area contributed by atoms with Gasteiger partial charge in [-0.2, -0.15) is 0 Å². The highest BCUT2D eigenvalue weighted by Gasteiger charge is 2.17. The third kappa shape index (κ3) is 4.67. The van der Waals surface area contributed by atoms with Crippen LogP contribution < -0.4 is 5.32 Å². The predicted molar refractivity (Wildman–Crippen MR) is 63.9 cm³/mol. The number of aliphatic hydroxyl groups excluding tert-OH is 1. The number of nitrogens with one attached hydrogen (secondary N) is 1. The van der Waals surface area contributed by atoms with Gasteiger partial charge in [0.05, 0.1) is 17.4 Å². The zero-order valence-electron chi connectivity index (χ0n) is 9.86. The maximum absolute atomic E-state index is 13.3. The number of rotatable bonds is 6. The first-order valence-electron chi connectivity index (χ1n) is 5.31. The minimum Gasteiger partial charge on any atom is -0.387 e. The molecule has 0 saturated heterocycles. The molecule has 102 valence electrons. The molecule has 4 nitrogen and oxygen atoms in total. The summed E-state index contributed by atoms with van der Waals surface area (Å²) in [4.78, 5) is 0. The molecule has 0 bridgehead atoms. The van der Waals surface area contributed by atoms with Crippen LogP contribution >= 0.6 is 0 Å². The fraction of sp³-hybridized carbons (Fsp3) is 0.455. The van der Waals surface area contributed by atoms with Gasteiger partial charge in [0.1, 0.15) is 21.5 Å². The van der Waals surface area contributed by atoms with Crippen molar-refractivity contribution in [2.45, 2.75) is 6.10 Å². The number of sulfone groups is 1. The lowest BCUT2D eigenvalue weighted by Gasteiger charge is -2.13. The zero-order valence-corrected chi connectivity index (χ0v) is 10.7. The van der Waals surface area contributed by atoms with Crippen molar-refractivity contribution in [3.05, 3.63) is 35.4 Å². The van der Waals surface area contributed by atoms with Crippen molar-refractivity contribution in [3.63, 3.8) is 0 Å². The summed E-state index contributed by atoms with van der Waals surface area (Å²) >= 11 is 0. The molecule has 7 heteroatoms. The summed E-state index contributed by atoms with van der Waals surface area (Å²) in [6.45, 7) is -0.000656. The van der Waals surface area contributed by atoms with Gasteiger partial charge in [-0.15, -0.1) is 0 Å². The van der Waals surface area contributed by atoms with Crippen LogP contribution in [0.5, 0.6) is 0 Å². The molecule has 0 spiro atoms. The van der Waals surface area contributed by atoms with E-state index in [2.05, 4.69) is 5.32 Å². The summed E-state index contributed by atoms with van der Waals surface area (Å²) in [6.07, 6.45) is -0.271. The Labute approximate surface area is 105 Å². The van der Waals surface area contributed by atoms with Crippen molar-refractivity contribution in [2.75, 3.05) is 25.1 Å². The van der Waals surface area contributed by atoms with Crippen LogP contribution in [0.2, 0.25) is 0 Å². The summed E-state index contributed by atoms with van der Waals surface area (Å²) in [5.41, 5.74) is -0.413. The van der Waals surface area contributed by atoms with Gasteiger partial charge < -0.3 is 10.4 Å². The molecule has 1 aromatic carbocycles. The Balaban J connectivity index is 2.53. The fourth-order valence-corrected chi connectivity index (χ4v) is 1.94. The molecule has 0 radical (unpaired) electrons. The Bertz CT molecular complexity index is 485. The number of hydrogen-bond donors (Lipinski definition) is 2. The average Bonchev–Trinajstić information content (AvgIpc) is 2.23. The summed E-state index contributed by atoms with van der Waals surface area (Å²) in [7, 11) is -3.10. The minimum absolute atomic E-state index is 0.0977. The number of aliphatic hydroxyl groups is 1. The maximum Gasteiger partial charge on any atom is 0.148 e. The van der Waals surface area contributed by atoms with Crippen molar-refractivity contribution in [1.29, 1.82) is 0 Å². The van der Waals surface area contributed by atoms with Crippen LogP contribution in [0.15, 0.2) is 18.2 Å². The van der Waals surface area contributed by atoms with E-state index in [-0.39, 0.29) is 18.8 Å². The maximum atomic E-state index is 13.3. The number of halogens is 2. The Hall–Kier alpha value is -1.05. The number of benzene rings is 1. The fourth-order valence-electron chi connectivity index (χ4n) is 1.43. The van der Waals surface area contributed by atoms with Crippen LogP contribution in [-0.2, 0) is 9.84 Å². The Morgan fingerprint density at radius 1 is 1.33 bits per heavy atom. The van der Waals surface area contributed by atoms with Gasteiger partial charge in [0.15, 0.2) is 0 Å². The molecular formula is C11H15F2NO3S. The molecule has 0 saturated carbocycles. The van der Waals surface area contributed by atoms with E-state index in [1.165, 1.54) is 6.07 Å². The van der Waals surface area contributed by atoms with Crippen molar-refractivity contribution in [2.24, 2.45) is 0 Å². The second kappa shape index (κ2) is 6.21. The lowest BCUT2D eigenvalue weighted by Crippen LogP contribution is -2.27. The Morgan fingerprint density at radius 3 is 2.39 bits per heavy atom. The van der Waals surface area contributed by atoms with Crippen molar-refractivity contribution >= 4 is 9.84 Å². The van der Waals surface area contributed by atoms with Crippen LogP contribution in [0.25, 0.3) is 0 Å². The molecule has 0 fully saturated rings. The first kappa shape index (κ1) is 15.0. The van der Waals surface area contributed by atoms with E-state index < -0.39 is 33.1 Å². The molecule has 0 aliphatic heterocycles. The predicted octanol–water partition coefficient (Wildman–Crippen LogP) is 0.632. The largest absolute Gasteiger partial charge is 0.387 e. The van der Waals surface area contributed by atoms with E-state index in [0.717, 1.165) is 18.4 Å². The van der Waals surface area contributed by atoms with Crippen molar-refractivity contribution in [3.8, 4) is 0 Å². The molecule has 0 aliphatic carbocycles. The second-order valence-corrected chi connectivity index (χ2v) is 6.24. The van der Waals surface area contributed by atoms with E-state index >= 15 is 0 Å². The quantitative estimate of drug-likeness (QED) is 0.750. The van der Waals surface area contributed by atoms with Gasteiger partial charge in [0.2, 0.25) is 0 Å². The zero-order chi connectivity index (χ0) is 13.8. The van der Waals surface area contributed by atoms with E-state index in [1.807, 2.05) is 0 Å². The molecule has 0 heterocycles. The van der Waals surface area contributed by atoms with Crippen LogP contribution in [-0.4, -0.2) is 38.6 Å². The molecule has 0 aliphatic rings. The highest BCUT2D eigenvalue weighted by molar-refractivity contribution is 7.90. The van der Waals surface area contributed by atoms with Gasteiger partial charge in [0, 0.05) is 19.3 Å². The van der Waals surface area contributed by atoms with Gasteiger partial charge >= 0.3 is 0 Å². The van der Waals surface area contributed by atoms with Crippen molar-refractivity contribution < 1.29 is 22.3 Å². The van der Waals surface area contributed by atoms with Crippen LogP contribution in [0.1, 0.15) is 11.7 Å². The first-order valence-corrected chi connectivity index (χ1v) is 7.37. The number of hydrogen-bond acceptors (Lipinski definition) is 4. The van der Waals surface area contributed by atoms with Gasteiger partial charge in [-0.25, -0.2) is 17.2 Å². The van der Waals surface area contributed by atoms with Crippen LogP contribution in [0.4, 0.5) is 8.78 Å². The molecule has 1 atom stereocenters. The van der Waals surface area contributed by atoms with E-state index in [9.17, 15) is 22.3 Å². The van der Waals surface area contributed by atoms with Crippen LogP contribution in [0.3, 0.4) is 0 Å². The highest BCUT2D eigenvalue weighted by atomic mass is 32.2. The smallest absolute Gasteiger partial charge is 0.148 e. The lowest BCUT2D eigenvalue weighted by atomic mass is 10.1. The minimum atomic E-state index is -3.10. The van der Waals surface area contributed by atoms with Gasteiger partial charge in [0.25, 0.3) is 0 Å². The first-order chi connectivity index (χ1) is 8.31. The van der Waals surface area contributed by atoms with Gasteiger partial charge in [-0.3, -0.25) is 0 Å². The molecular weight excluding hydrogens is 264 g/mol.